The van der Waals surface area contributed by atoms with E-state index in [-0.39, 0.29) is 12.5 Å². The molecule has 4 rings (SSSR count). The molecule has 0 aromatic heterocycles. The van der Waals surface area contributed by atoms with E-state index in [0.29, 0.717) is 32.1 Å². The third-order valence-corrected chi connectivity index (χ3v) is 6.75. The predicted octanol–water partition coefficient (Wildman–Crippen LogP) is 6.75. The van der Waals surface area contributed by atoms with Gasteiger partial charge in [0.1, 0.15) is 12.4 Å². The Kier molecular flexibility index (Phi) is 7.19. The summed E-state index contributed by atoms with van der Waals surface area (Å²) < 4.78 is 6.63. The molecule has 8 heteroatoms. The molecule has 1 aliphatic rings. The van der Waals surface area contributed by atoms with Crippen LogP contribution >= 0.6 is 39.3 Å². The molecule has 0 spiro atoms. The number of carbonyl (C=O) groups is 1. The number of aryl methyl sites for hydroxylation is 1. The summed E-state index contributed by atoms with van der Waals surface area (Å²) in [6.07, 6.45) is 1.80. The highest BCUT2D eigenvalue weighted by Gasteiger charge is 2.24. The number of nitriles is 1. The van der Waals surface area contributed by atoms with Crippen LogP contribution in [0.1, 0.15) is 22.3 Å². The zero-order chi connectivity index (χ0) is 23.4. The molecule has 1 N–H and O–H groups in total. The lowest BCUT2D eigenvalue weighted by atomic mass is 10.1. The van der Waals surface area contributed by atoms with Crippen LogP contribution in [0.15, 0.2) is 75.0 Å². The number of hydrogen-bond acceptors (Lipinski definition) is 5. The number of aliphatic imine (C=N–C) groups is 1. The molecular weight excluding hydrogens is 522 g/mol. The van der Waals surface area contributed by atoms with Crippen molar-refractivity contribution in [3.05, 3.63) is 97.3 Å². The summed E-state index contributed by atoms with van der Waals surface area (Å²) in [6.45, 7) is 2.20. The van der Waals surface area contributed by atoms with E-state index < -0.39 is 0 Å². The van der Waals surface area contributed by atoms with Crippen LogP contribution in [0.2, 0.25) is 5.02 Å². The molecule has 164 valence electrons. The largest absolute Gasteiger partial charge is 0.488 e. The van der Waals surface area contributed by atoms with E-state index in [1.54, 1.807) is 18.2 Å². The zero-order valence-electron chi connectivity index (χ0n) is 17.4. The van der Waals surface area contributed by atoms with E-state index in [9.17, 15) is 10.1 Å². The summed E-state index contributed by atoms with van der Waals surface area (Å²) in [4.78, 5) is 17.4. The first-order valence-electron chi connectivity index (χ1n) is 9.89. The van der Waals surface area contributed by atoms with Gasteiger partial charge in [-0.3, -0.25) is 4.79 Å². The van der Waals surface area contributed by atoms with Gasteiger partial charge in [0.2, 0.25) is 0 Å². The molecule has 1 fully saturated rings. The quantitative estimate of drug-likeness (QED) is 0.365. The Labute approximate surface area is 209 Å². The van der Waals surface area contributed by atoms with E-state index in [0.717, 1.165) is 21.2 Å². The SMILES string of the molecule is Cc1ccc(N=C2NC(=O)/C(=C/c3ccc(OCc4ccccc4C#N)c(Br)c3)S2)cc1Cl. The van der Waals surface area contributed by atoms with E-state index in [4.69, 9.17) is 16.3 Å². The first-order chi connectivity index (χ1) is 15.9. The molecule has 0 unspecified atom stereocenters. The third kappa shape index (κ3) is 5.66. The van der Waals surface area contributed by atoms with Crippen molar-refractivity contribution in [1.29, 1.82) is 5.26 Å². The van der Waals surface area contributed by atoms with Gasteiger partial charge in [-0.05, 0) is 82.2 Å². The number of benzene rings is 3. The van der Waals surface area contributed by atoms with Crippen molar-refractivity contribution < 1.29 is 9.53 Å². The van der Waals surface area contributed by atoms with Gasteiger partial charge in [-0.1, -0.05) is 41.9 Å². The summed E-state index contributed by atoms with van der Waals surface area (Å²) in [6, 6.07) is 20.6. The normalized spacial score (nSPS) is 15.5. The zero-order valence-corrected chi connectivity index (χ0v) is 20.6. The molecule has 0 aliphatic carbocycles. The minimum absolute atomic E-state index is 0.207. The van der Waals surface area contributed by atoms with Crippen LogP contribution in [0, 0.1) is 18.3 Å². The molecule has 3 aromatic carbocycles. The number of carbonyl (C=O) groups excluding carboxylic acids is 1. The van der Waals surface area contributed by atoms with Crippen LogP contribution < -0.4 is 10.1 Å². The van der Waals surface area contributed by atoms with Crippen LogP contribution in [-0.4, -0.2) is 11.1 Å². The lowest BCUT2D eigenvalue weighted by Crippen LogP contribution is -2.19. The van der Waals surface area contributed by atoms with Gasteiger partial charge in [-0.25, -0.2) is 4.99 Å². The van der Waals surface area contributed by atoms with Crippen LogP contribution in [0.3, 0.4) is 0 Å². The number of halogens is 2. The van der Waals surface area contributed by atoms with E-state index in [1.807, 2.05) is 55.5 Å². The average molecular weight is 539 g/mol. The fraction of sp³-hybridized carbons (Fsp3) is 0.0800. The Hall–Kier alpha value is -3.05. The van der Waals surface area contributed by atoms with Gasteiger partial charge in [0, 0.05) is 10.6 Å². The molecule has 5 nitrogen and oxygen atoms in total. The number of nitrogens with zero attached hydrogens (tertiary/aromatic N) is 2. The lowest BCUT2D eigenvalue weighted by molar-refractivity contribution is -0.115. The fourth-order valence-electron chi connectivity index (χ4n) is 3.04. The first-order valence-corrected chi connectivity index (χ1v) is 11.9. The van der Waals surface area contributed by atoms with Gasteiger partial charge in [0.15, 0.2) is 5.17 Å². The monoisotopic (exact) mass is 537 g/mol. The molecular formula is C25H17BrClN3O2S. The summed E-state index contributed by atoms with van der Waals surface area (Å²) in [5, 5.41) is 13.1. The number of rotatable bonds is 5. The van der Waals surface area contributed by atoms with Crippen molar-refractivity contribution in [2.75, 3.05) is 0 Å². The number of amides is 1. The van der Waals surface area contributed by atoms with Crippen molar-refractivity contribution in [2.24, 2.45) is 4.99 Å². The molecule has 0 saturated carbocycles. The molecule has 1 amide bonds. The van der Waals surface area contributed by atoms with E-state index >= 15 is 0 Å². The topological polar surface area (TPSA) is 74.5 Å². The number of hydrogen-bond donors (Lipinski definition) is 1. The summed E-state index contributed by atoms with van der Waals surface area (Å²) >= 11 is 11.0. The molecule has 0 bridgehead atoms. The van der Waals surface area contributed by atoms with Gasteiger partial charge in [0.25, 0.3) is 5.91 Å². The summed E-state index contributed by atoms with van der Waals surface area (Å²) in [7, 11) is 0. The van der Waals surface area contributed by atoms with Gasteiger partial charge < -0.3 is 10.1 Å². The second-order valence-corrected chi connectivity index (χ2v) is 9.45. The van der Waals surface area contributed by atoms with Crippen LogP contribution in [-0.2, 0) is 11.4 Å². The maximum absolute atomic E-state index is 12.4. The number of ether oxygens (including phenoxy) is 1. The van der Waals surface area contributed by atoms with Crippen molar-refractivity contribution in [3.63, 3.8) is 0 Å². The minimum Gasteiger partial charge on any atom is -0.488 e. The van der Waals surface area contributed by atoms with Crippen LogP contribution in [0.5, 0.6) is 5.75 Å². The Balaban J connectivity index is 1.47. The number of thioether (sulfide) groups is 1. The maximum atomic E-state index is 12.4. The smallest absolute Gasteiger partial charge is 0.264 e. The molecule has 1 aliphatic heterocycles. The summed E-state index contributed by atoms with van der Waals surface area (Å²) in [5.41, 5.74) is 3.89. The highest BCUT2D eigenvalue weighted by molar-refractivity contribution is 9.10. The van der Waals surface area contributed by atoms with Gasteiger partial charge >= 0.3 is 0 Å². The maximum Gasteiger partial charge on any atom is 0.264 e. The van der Waals surface area contributed by atoms with Crippen LogP contribution in [0.25, 0.3) is 6.08 Å². The predicted molar refractivity (Wildman–Crippen MR) is 137 cm³/mol. The Morgan fingerprint density at radius 3 is 2.79 bits per heavy atom. The van der Waals surface area contributed by atoms with Gasteiger partial charge in [-0.15, -0.1) is 0 Å². The lowest BCUT2D eigenvalue weighted by Gasteiger charge is -2.10. The van der Waals surface area contributed by atoms with Crippen molar-refractivity contribution >= 4 is 62.1 Å². The van der Waals surface area contributed by atoms with Crippen LogP contribution in [0.4, 0.5) is 5.69 Å². The fourth-order valence-corrected chi connectivity index (χ4v) is 4.56. The standard InChI is InChI=1S/C25H17BrClN3O2S/c1-15-6-8-19(12-21(15)27)29-25-30-24(31)23(33-25)11-16-7-9-22(20(26)10-16)32-14-18-5-3-2-4-17(18)13-28/h2-12H,14H2,1H3,(H,29,30,31)/b23-11-. The van der Waals surface area contributed by atoms with Crippen molar-refractivity contribution in [2.45, 2.75) is 13.5 Å². The third-order valence-electron chi connectivity index (χ3n) is 4.81. The van der Waals surface area contributed by atoms with Gasteiger partial charge in [0.05, 0.1) is 26.7 Å². The Morgan fingerprint density at radius 1 is 1.21 bits per heavy atom. The van der Waals surface area contributed by atoms with Gasteiger partial charge in [-0.2, -0.15) is 5.26 Å². The minimum atomic E-state index is -0.207. The van der Waals surface area contributed by atoms with E-state index in [1.165, 1.54) is 11.8 Å². The molecule has 33 heavy (non-hydrogen) atoms. The Morgan fingerprint density at radius 2 is 2.03 bits per heavy atom. The Bertz CT molecular complexity index is 1350. The second kappa shape index (κ2) is 10.3. The molecule has 1 saturated heterocycles. The molecule has 0 radical (unpaired) electrons. The summed E-state index contributed by atoms with van der Waals surface area (Å²) in [5.74, 6) is 0.438. The second-order valence-electron chi connectivity index (χ2n) is 7.16. The average Bonchev–Trinajstić information content (AvgIpc) is 3.14. The van der Waals surface area contributed by atoms with Crippen molar-refractivity contribution in [1.82, 2.24) is 5.32 Å². The molecule has 3 aromatic rings. The number of nitrogens with one attached hydrogen (secondary N) is 1. The molecule has 1 heterocycles. The highest BCUT2D eigenvalue weighted by atomic mass is 79.9. The number of amidine groups is 1. The van der Waals surface area contributed by atoms with E-state index in [2.05, 4.69) is 32.3 Å². The van der Waals surface area contributed by atoms with Crippen molar-refractivity contribution in [3.8, 4) is 11.8 Å². The molecule has 0 atom stereocenters. The highest BCUT2D eigenvalue weighted by Crippen LogP contribution is 2.32. The first kappa shape index (κ1) is 23.1.